The van der Waals surface area contributed by atoms with Crippen LogP contribution >= 0.6 is 15.9 Å². The molecule has 0 saturated heterocycles. The molecule has 0 radical (unpaired) electrons. The lowest BCUT2D eigenvalue weighted by Gasteiger charge is -2.14. The smallest absolute Gasteiger partial charge is 0.143 e. The Balaban J connectivity index is 2.19. The van der Waals surface area contributed by atoms with E-state index < -0.39 is 0 Å². The fourth-order valence-electron chi connectivity index (χ4n) is 1.89. The molecule has 0 fully saturated rings. The highest BCUT2D eigenvalue weighted by Gasteiger charge is 2.07. The van der Waals surface area contributed by atoms with E-state index in [1.807, 2.05) is 24.3 Å². The summed E-state index contributed by atoms with van der Waals surface area (Å²) in [5.41, 5.74) is 3.46. The Morgan fingerprint density at radius 1 is 1.17 bits per heavy atom. The summed E-state index contributed by atoms with van der Waals surface area (Å²) >= 11 is 3.48. The van der Waals surface area contributed by atoms with Crippen LogP contribution in [0.1, 0.15) is 11.1 Å². The van der Waals surface area contributed by atoms with Crippen molar-refractivity contribution in [3.63, 3.8) is 0 Å². The van der Waals surface area contributed by atoms with Gasteiger partial charge in [0.2, 0.25) is 0 Å². The lowest BCUT2D eigenvalue weighted by molar-refractivity contribution is 0.416. The number of halogens is 1. The summed E-state index contributed by atoms with van der Waals surface area (Å²) in [7, 11) is 1.69. The molecule has 3 heteroatoms. The molecule has 0 aromatic heterocycles. The zero-order valence-corrected chi connectivity index (χ0v) is 12.1. The van der Waals surface area contributed by atoms with E-state index in [0.29, 0.717) is 0 Å². The van der Waals surface area contributed by atoms with Gasteiger partial charge in [-0.15, -0.1) is 0 Å². The lowest BCUT2D eigenvalue weighted by Crippen LogP contribution is -2.03. The monoisotopic (exact) mass is 305 g/mol. The zero-order valence-electron chi connectivity index (χ0n) is 10.5. The van der Waals surface area contributed by atoms with Crippen molar-refractivity contribution in [2.75, 3.05) is 12.4 Å². The first kappa shape index (κ1) is 13.0. The van der Waals surface area contributed by atoms with Gasteiger partial charge < -0.3 is 10.1 Å². The van der Waals surface area contributed by atoms with Crippen LogP contribution in [0, 0.1) is 6.92 Å². The molecule has 0 heterocycles. The van der Waals surface area contributed by atoms with Crippen molar-refractivity contribution in [2.24, 2.45) is 0 Å². The molecule has 2 aromatic carbocycles. The second kappa shape index (κ2) is 5.91. The van der Waals surface area contributed by atoms with Crippen LogP contribution in [0.15, 0.2) is 46.9 Å². The normalized spacial score (nSPS) is 10.2. The first-order valence-electron chi connectivity index (χ1n) is 5.82. The van der Waals surface area contributed by atoms with Crippen LogP contribution in [-0.2, 0) is 6.54 Å². The number of methoxy groups -OCH3 is 1. The molecule has 0 spiro atoms. The fourth-order valence-corrected chi connectivity index (χ4v) is 2.44. The van der Waals surface area contributed by atoms with Gasteiger partial charge in [-0.1, -0.05) is 46.3 Å². The summed E-state index contributed by atoms with van der Waals surface area (Å²) in [4.78, 5) is 0. The molecule has 0 unspecified atom stereocenters. The Morgan fingerprint density at radius 3 is 2.56 bits per heavy atom. The molecule has 94 valence electrons. The van der Waals surface area contributed by atoms with Gasteiger partial charge in [0.1, 0.15) is 5.75 Å². The number of aryl methyl sites for hydroxylation is 1. The second-order valence-corrected chi connectivity index (χ2v) is 5.05. The van der Waals surface area contributed by atoms with Crippen LogP contribution < -0.4 is 10.1 Å². The second-order valence-electron chi connectivity index (χ2n) is 4.14. The predicted molar refractivity (Wildman–Crippen MR) is 79.2 cm³/mol. The van der Waals surface area contributed by atoms with E-state index >= 15 is 0 Å². The van der Waals surface area contributed by atoms with Gasteiger partial charge in [0.25, 0.3) is 0 Å². The van der Waals surface area contributed by atoms with Gasteiger partial charge >= 0.3 is 0 Å². The Labute approximate surface area is 116 Å². The minimum Gasteiger partial charge on any atom is -0.495 e. The van der Waals surface area contributed by atoms with Crippen molar-refractivity contribution in [3.8, 4) is 5.75 Å². The molecule has 2 rings (SSSR count). The molecule has 0 atom stereocenters. The van der Waals surface area contributed by atoms with Crippen molar-refractivity contribution in [3.05, 3.63) is 58.1 Å². The van der Waals surface area contributed by atoms with Crippen LogP contribution in [0.5, 0.6) is 5.75 Å². The zero-order chi connectivity index (χ0) is 13.0. The molecule has 0 aliphatic heterocycles. The maximum absolute atomic E-state index is 5.40. The third kappa shape index (κ3) is 3.05. The Bertz CT molecular complexity index is 526. The van der Waals surface area contributed by atoms with Gasteiger partial charge in [0.05, 0.1) is 12.8 Å². The van der Waals surface area contributed by atoms with Gasteiger partial charge in [-0.2, -0.15) is 0 Å². The van der Waals surface area contributed by atoms with E-state index in [1.165, 1.54) is 5.56 Å². The van der Waals surface area contributed by atoms with Crippen LogP contribution in [0.2, 0.25) is 0 Å². The standard InChI is InChI=1S/C15H16BrNO/c1-11-8-13(16)9-14(18-2)15(11)17-10-12-6-4-3-5-7-12/h3-9,17H,10H2,1-2H3. The summed E-state index contributed by atoms with van der Waals surface area (Å²) in [6, 6.07) is 14.4. The molecule has 2 nitrogen and oxygen atoms in total. The summed E-state index contributed by atoms with van der Waals surface area (Å²) in [6.07, 6.45) is 0. The van der Waals surface area contributed by atoms with Crippen molar-refractivity contribution in [2.45, 2.75) is 13.5 Å². The highest BCUT2D eigenvalue weighted by Crippen LogP contribution is 2.32. The summed E-state index contributed by atoms with van der Waals surface area (Å²) in [5, 5.41) is 3.43. The average Bonchev–Trinajstić information content (AvgIpc) is 2.38. The van der Waals surface area contributed by atoms with Gasteiger partial charge in [-0.25, -0.2) is 0 Å². The van der Waals surface area contributed by atoms with Gasteiger partial charge in [0, 0.05) is 11.0 Å². The number of anilines is 1. The Kier molecular flexibility index (Phi) is 4.26. The van der Waals surface area contributed by atoms with Gasteiger partial charge in [-0.05, 0) is 30.2 Å². The summed E-state index contributed by atoms with van der Waals surface area (Å²) < 4.78 is 6.43. The van der Waals surface area contributed by atoms with E-state index in [4.69, 9.17) is 4.74 Å². The van der Waals surface area contributed by atoms with Crippen molar-refractivity contribution < 1.29 is 4.74 Å². The first-order chi connectivity index (χ1) is 8.70. The van der Waals surface area contributed by atoms with Gasteiger partial charge in [-0.3, -0.25) is 0 Å². The SMILES string of the molecule is COc1cc(Br)cc(C)c1NCc1ccccc1. The molecule has 0 saturated carbocycles. The largest absolute Gasteiger partial charge is 0.495 e. The summed E-state index contributed by atoms with van der Waals surface area (Å²) in [6.45, 7) is 2.86. The van der Waals surface area contributed by atoms with E-state index in [2.05, 4.69) is 46.4 Å². The molecular weight excluding hydrogens is 290 g/mol. The van der Waals surface area contributed by atoms with E-state index in [9.17, 15) is 0 Å². The van der Waals surface area contributed by atoms with Crippen molar-refractivity contribution >= 4 is 21.6 Å². The number of hydrogen-bond acceptors (Lipinski definition) is 2. The van der Waals surface area contributed by atoms with Crippen molar-refractivity contribution in [1.82, 2.24) is 0 Å². The molecule has 2 aromatic rings. The third-order valence-electron chi connectivity index (χ3n) is 2.80. The lowest BCUT2D eigenvalue weighted by atomic mass is 10.1. The van der Waals surface area contributed by atoms with Crippen LogP contribution in [0.4, 0.5) is 5.69 Å². The fraction of sp³-hybridized carbons (Fsp3) is 0.200. The predicted octanol–water partition coefficient (Wildman–Crippen LogP) is 4.38. The molecule has 0 aliphatic rings. The topological polar surface area (TPSA) is 21.3 Å². The van der Waals surface area contributed by atoms with Crippen LogP contribution in [0.3, 0.4) is 0 Å². The minimum atomic E-state index is 0.791. The Morgan fingerprint density at radius 2 is 1.89 bits per heavy atom. The molecule has 0 amide bonds. The van der Waals surface area contributed by atoms with Crippen molar-refractivity contribution in [1.29, 1.82) is 0 Å². The van der Waals surface area contributed by atoms with E-state index in [0.717, 1.165) is 28.0 Å². The van der Waals surface area contributed by atoms with E-state index in [-0.39, 0.29) is 0 Å². The number of ether oxygens (including phenoxy) is 1. The van der Waals surface area contributed by atoms with Crippen LogP contribution in [0.25, 0.3) is 0 Å². The first-order valence-corrected chi connectivity index (χ1v) is 6.62. The minimum absolute atomic E-state index is 0.791. The molecular formula is C15H16BrNO. The maximum atomic E-state index is 5.40. The highest BCUT2D eigenvalue weighted by molar-refractivity contribution is 9.10. The third-order valence-corrected chi connectivity index (χ3v) is 3.25. The van der Waals surface area contributed by atoms with E-state index in [1.54, 1.807) is 7.11 Å². The van der Waals surface area contributed by atoms with Crippen LogP contribution in [-0.4, -0.2) is 7.11 Å². The maximum Gasteiger partial charge on any atom is 0.143 e. The highest BCUT2D eigenvalue weighted by atomic mass is 79.9. The summed E-state index contributed by atoms with van der Waals surface area (Å²) in [5.74, 6) is 0.859. The van der Waals surface area contributed by atoms with Gasteiger partial charge in [0.15, 0.2) is 0 Å². The number of benzene rings is 2. The number of nitrogens with one attached hydrogen (secondary N) is 1. The quantitative estimate of drug-likeness (QED) is 0.905. The number of hydrogen-bond donors (Lipinski definition) is 1. The molecule has 0 bridgehead atoms. The Hall–Kier alpha value is -1.48. The average molecular weight is 306 g/mol. The molecule has 1 N–H and O–H groups in total. The number of rotatable bonds is 4. The molecule has 18 heavy (non-hydrogen) atoms. The molecule has 0 aliphatic carbocycles.